The number of halogens is 2. The zero-order valence-corrected chi connectivity index (χ0v) is 10.1. The molecule has 1 fully saturated rings. The van der Waals surface area contributed by atoms with Crippen LogP contribution in [0.2, 0.25) is 0 Å². The van der Waals surface area contributed by atoms with Gasteiger partial charge in [-0.05, 0) is 17.2 Å². The van der Waals surface area contributed by atoms with Crippen molar-refractivity contribution in [3.63, 3.8) is 0 Å². The molecule has 1 saturated heterocycles. The first kappa shape index (κ1) is 13.3. The number of hydrogen-bond acceptors (Lipinski definition) is 3. The van der Waals surface area contributed by atoms with Gasteiger partial charge < -0.3 is 10.1 Å². The molecule has 0 radical (unpaired) electrons. The summed E-state index contributed by atoms with van der Waals surface area (Å²) in [5, 5.41) is 3.43. The second kappa shape index (κ2) is 5.21. The summed E-state index contributed by atoms with van der Waals surface area (Å²) in [7, 11) is 1.72. The highest BCUT2D eigenvalue weighted by molar-refractivity contribution is 6.04. The van der Waals surface area contributed by atoms with Gasteiger partial charge in [-0.2, -0.15) is 0 Å². The van der Waals surface area contributed by atoms with Gasteiger partial charge in [0.2, 0.25) is 0 Å². The third-order valence-electron chi connectivity index (χ3n) is 2.80. The van der Waals surface area contributed by atoms with Crippen LogP contribution in [0.3, 0.4) is 0 Å². The van der Waals surface area contributed by atoms with Gasteiger partial charge in [0.05, 0.1) is 7.11 Å². The standard InChI is InChI=1S/C8H8O.C4H4F2N2O2/c1-9-8-5-6-2-3-7(8)4-6;5-2(6)1-3(9)8-4(10)7-1/h2-3,5H,4H2,1H3;1-2H,(H2,7,8,9,10). The maximum absolute atomic E-state index is 11.7. The van der Waals surface area contributed by atoms with Gasteiger partial charge in [-0.3, -0.25) is 10.1 Å². The topological polar surface area (TPSA) is 67.4 Å². The molecule has 7 heteroatoms. The van der Waals surface area contributed by atoms with Crippen molar-refractivity contribution in [3.05, 3.63) is 35.1 Å². The van der Waals surface area contributed by atoms with Crippen LogP contribution in [-0.2, 0) is 9.53 Å². The van der Waals surface area contributed by atoms with Crippen LogP contribution in [0.25, 0.3) is 0 Å². The highest BCUT2D eigenvalue weighted by Gasteiger charge is 2.36. The van der Waals surface area contributed by atoms with E-state index in [-0.39, 0.29) is 0 Å². The number of allylic oxidation sites excluding steroid dienone is 5. The highest BCUT2D eigenvalue weighted by Crippen LogP contribution is 2.33. The Morgan fingerprint density at radius 1 is 1.37 bits per heavy atom. The van der Waals surface area contributed by atoms with Gasteiger partial charge in [-0.25, -0.2) is 13.6 Å². The molecule has 3 aliphatic rings. The lowest BCUT2D eigenvalue weighted by molar-refractivity contribution is -0.123. The van der Waals surface area contributed by atoms with Crippen molar-refractivity contribution in [2.45, 2.75) is 18.9 Å². The molecule has 3 amide bonds. The maximum Gasteiger partial charge on any atom is 0.322 e. The Morgan fingerprint density at radius 2 is 2.11 bits per heavy atom. The molecular weight excluding hydrogens is 258 g/mol. The summed E-state index contributed by atoms with van der Waals surface area (Å²) in [6.45, 7) is 0. The highest BCUT2D eigenvalue weighted by atomic mass is 19.3. The van der Waals surface area contributed by atoms with Crippen LogP contribution in [0.1, 0.15) is 6.42 Å². The minimum absolute atomic E-state index is 0.865. The largest absolute Gasteiger partial charge is 0.496 e. The molecule has 3 rings (SSSR count). The summed E-state index contributed by atoms with van der Waals surface area (Å²) in [5.41, 5.74) is 2.70. The number of amides is 3. The van der Waals surface area contributed by atoms with Crippen LogP contribution < -0.4 is 10.6 Å². The SMILES string of the molecule is COC1=C2C=CC(=C1)C2.O=C1NC(=O)C(C(F)F)N1. The minimum Gasteiger partial charge on any atom is -0.496 e. The van der Waals surface area contributed by atoms with Crippen molar-refractivity contribution >= 4 is 11.9 Å². The van der Waals surface area contributed by atoms with Crippen molar-refractivity contribution in [1.29, 1.82) is 0 Å². The van der Waals surface area contributed by atoms with Gasteiger partial charge in [-0.15, -0.1) is 0 Å². The molecule has 19 heavy (non-hydrogen) atoms. The van der Waals surface area contributed by atoms with E-state index in [2.05, 4.69) is 18.2 Å². The van der Waals surface area contributed by atoms with E-state index in [4.69, 9.17) is 4.74 Å². The lowest BCUT2D eigenvalue weighted by Crippen LogP contribution is -2.35. The molecule has 0 spiro atoms. The second-order valence-electron chi connectivity index (χ2n) is 4.10. The van der Waals surface area contributed by atoms with Crippen LogP contribution in [0.15, 0.2) is 35.1 Å². The summed E-state index contributed by atoms with van der Waals surface area (Å²) >= 11 is 0. The minimum atomic E-state index is -2.84. The first-order chi connectivity index (χ1) is 9.01. The molecule has 1 heterocycles. The van der Waals surface area contributed by atoms with Crippen LogP contribution >= 0.6 is 0 Å². The molecule has 2 aliphatic carbocycles. The Kier molecular flexibility index (Phi) is 3.64. The van der Waals surface area contributed by atoms with E-state index in [1.807, 2.05) is 0 Å². The normalized spacial score (nSPS) is 23.2. The monoisotopic (exact) mass is 270 g/mol. The third kappa shape index (κ3) is 2.81. The fourth-order valence-electron chi connectivity index (χ4n) is 1.87. The molecule has 0 aromatic carbocycles. The zero-order chi connectivity index (χ0) is 14.0. The Labute approximate surface area is 108 Å². The quantitative estimate of drug-likeness (QED) is 0.742. The number of hydrogen-bond donors (Lipinski definition) is 2. The van der Waals surface area contributed by atoms with E-state index in [1.54, 1.807) is 17.7 Å². The van der Waals surface area contributed by atoms with E-state index in [0.717, 1.165) is 12.2 Å². The molecule has 1 aliphatic heterocycles. The van der Waals surface area contributed by atoms with Crippen molar-refractivity contribution in [1.82, 2.24) is 10.6 Å². The van der Waals surface area contributed by atoms with Crippen molar-refractivity contribution in [3.8, 4) is 0 Å². The number of ether oxygens (including phenoxy) is 1. The second-order valence-corrected chi connectivity index (χ2v) is 4.10. The molecular formula is C12H12F2N2O3. The van der Waals surface area contributed by atoms with Crippen LogP contribution in [-0.4, -0.2) is 31.5 Å². The van der Waals surface area contributed by atoms with E-state index in [1.165, 1.54) is 11.1 Å². The lowest BCUT2D eigenvalue weighted by atomic mass is 10.3. The Balaban J connectivity index is 0.000000141. The first-order valence-electron chi connectivity index (χ1n) is 5.56. The number of nitrogens with one attached hydrogen (secondary N) is 2. The van der Waals surface area contributed by atoms with Crippen molar-refractivity contribution < 1.29 is 23.1 Å². The van der Waals surface area contributed by atoms with Gasteiger partial charge >= 0.3 is 6.03 Å². The number of methoxy groups -OCH3 is 1. The van der Waals surface area contributed by atoms with Gasteiger partial charge in [0, 0.05) is 6.42 Å². The Morgan fingerprint density at radius 3 is 2.37 bits per heavy atom. The molecule has 5 nitrogen and oxygen atoms in total. The molecule has 2 bridgehead atoms. The van der Waals surface area contributed by atoms with E-state index < -0.39 is 24.4 Å². The molecule has 1 atom stereocenters. The summed E-state index contributed by atoms with van der Waals surface area (Å²) in [6.07, 6.45) is 4.59. The average Bonchev–Trinajstić information content (AvgIpc) is 3.04. The van der Waals surface area contributed by atoms with E-state index in [9.17, 15) is 18.4 Å². The molecule has 0 saturated carbocycles. The van der Waals surface area contributed by atoms with Gasteiger partial charge in [0.25, 0.3) is 12.3 Å². The number of urea groups is 1. The summed E-state index contributed by atoms with van der Waals surface area (Å²) in [4.78, 5) is 20.5. The van der Waals surface area contributed by atoms with Crippen LogP contribution in [0.5, 0.6) is 0 Å². The smallest absolute Gasteiger partial charge is 0.322 e. The zero-order valence-electron chi connectivity index (χ0n) is 10.1. The number of imide groups is 1. The molecule has 0 aromatic heterocycles. The molecule has 102 valence electrons. The third-order valence-corrected chi connectivity index (χ3v) is 2.80. The number of rotatable bonds is 2. The van der Waals surface area contributed by atoms with Crippen LogP contribution in [0.4, 0.5) is 13.6 Å². The number of carbonyl (C=O) groups excluding carboxylic acids is 2. The lowest BCUT2D eigenvalue weighted by Gasteiger charge is -2.02. The number of carbonyl (C=O) groups is 2. The Bertz CT molecular complexity index is 509. The Hall–Kier alpha value is -2.18. The van der Waals surface area contributed by atoms with E-state index >= 15 is 0 Å². The maximum atomic E-state index is 11.7. The average molecular weight is 270 g/mol. The van der Waals surface area contributed by atoms with Crippen molar-refractivity contribution in [2.75, 3.05) is 7.11 Å². The molecule has 1 unspecified atom stereocenters. The number of fused-ring (bicyclic) bond motifs is 2. The number of alkyl halides is 2. The van der Waals surface area contributed by atoms with Crippen molar-refractivity contribution in [2.24, 2.45) is 0 Å². The predicted molar refractivity (Wildman–Crippen MR) is 62.3 cm³/mol. The van der Waals surface area contributed by atoms with Gasteiger partial charge in [0.1, 0.15) is 5.76 Å². The fraction of sp³-hybridized carbons (Fsp3) is 0.333. The van der Waals surface area contributed by atoms with Crippen LogP contribution in [0, 0.1) is 0 Å². The van der Waals surface area contributed by atoms with Gasteiger partial charge in [0.15, 0.2) is 6.04 Å². The first-order valence-corrected chi connectivity index (χ1v) is 5.56. The summed E-state index contributed by atoms with van der Waals surface area (Å²) in [6, 6.07) is -2.54. The molecule has 2 N–H and O–H groups in total. The molecule has 0 aromatic rings. The van der Waals surface area contributed by atoms with Gasteiger partial charge in [-0.1, -0.05) is 12.2 Å². The summed E-state index contributed by atoms with van der Waals surface area (Å²) in [5.74, 6) is 0.0764. The van der Waals surface area contributed by atoms with E-state index in [0.29, 0.717) is 0 Å². The fourth-order valence-corrected chi connectivity index (χ4v) is 1.87. The predicted octanol–water partition coefficient (Wildman–Crippen LogP) is 1.25. The summed E-state index contributed by atoms with van der Waals surface area (Å²) < 4.78 is 28.5.